The Morgan fingerprint density at radius 3 is 2.78 bits per heavy atom. The lowest BCUT2D eigenvalue weighted by atomic mass is 10.1. The van der Waals surface area contributed by atoms with Crippen LogP contribution >= 0.6 is 11.6 Å². The van der Waals surface area contributed by atoms with Gasteiger partial charge in [-0.05, 0) is 24.6 Å². The molecule has 0 saturated heterocycles. The zero-order valence-electron chi connectivity index (χ0n) is 12.7. The van der Waals surface area contributed by atoms with E-state index >= 15 is 0 Å². The van der Waals surface area contributed by atoms with E-state index in [4.69, 9.17) is 16.3 Å². The van der Waals surface area contributed by atoms with Gasteiger partial charge in [0.2, 0.25) is 0 Å². The summed E-state index contributed by atoms with van der Waals surface area (Å²) in [7, 11) is 1.59. The third kappa shape index (κ3) is 2.79. The zero-order valence-corrected chi connectivity index (χ0v) is 13.5. The van der Waals surface area contributed by atoms with E-state index in [-0.39, 0.29) is 0 Å². The maximum atomic E-state index is 9.40. The van der Waals surface area contributed by atoms with E-state index in [1.165, 1.54) is 0 Å². The van der Waals surface area contributed by atoms with E-state index in [0.29, 0.717) is 22.0 Å². The fourth-order valence-corrected chi connectivity index (χ4v) is 2.58. The van der Waals surface area contributed by atoms with Crippen molar-refractivity contribution in [3.63, 3.8) is 0 Å². The lowest BCUT2D eigenvalue weighted by Gasteiger charge is -2.15. The highest BCUT2D eigenvalue weighted by Gasteiger charge is 2.13. The van der Waals surface area contributed by atoms with Crippen molar-refractivity contribution in [3.05, 3.63) is 58.7 Å². The number of fused-ring (bicyclic) bond motifs is 1. The molecule has 2 aromatic carbocycles. The number of aromatic nitrogens is 1. The van der Waals surface area contributed by atoms with Crippen molar-refractivity contribution >= 4 is 33.9 Å². The Morgan fingerprint density at radius 2 is 2.04 bits per heavy atom. The average Bonchev–Trinajstić information content (AvgIpc) is 2.58. The van der Waals surface area contributed by atoms with Gasteiger partial charge in [0.25, 0.3) is 0 Å². The lowest BCUT2D eigenvalue weighted by Crippen LogP contribution is -1.99. The fourth-order valence-electron chi connectivity index (χ4n) is 2.43. The van der Waals surface area contributed by atoms with Gasteiger partial charge < -0.3 is 10.1 Å². The van der Waals surface area contributed by atoms with Crippen LogP contribution in [0.3, 0.4) is 0 Å². The van der Waals surface area contributed by atoms with Crippen LogP contribution in [-0.4, -0.2) is 12.1 Å². The Morgan fingerprint density at radius 1 is 1.26 bits per heavy atom. The van der Waals surface area contributed by atoms with Crippen molar-refractivity contribution in [1.29, 1.82) is 5.26 Å². The second-order valence-electron chi connectivity index (χ2n) is 5.10. The first kappa shape index (κ1) is 15.1. The van der Waals surface area contributed by atoms with Crippen LogP contribution in [0.25, 0.3) is 10.9 Å². The minimum Gasteiger partial charge on any atom is -0.495 e. The number of ether oxygens (including phenoxy) is 1. The first-order valence-electron chi connectivity index (χ1n) is 7.03. The summed E-state index contributed by atoms with van der Waals surface area (Å²) in [5.41, 5.74) is 3.67. The summed E-state index contributed by atoms with van der Waals surface area (Å²) in [5.74, 6) is 0.616. The van der Waals surface area contributed by atoms with E-state index in [9.17, 15) is 5.26 Å². The van der Waals surface area contributed by atoms with Crippen LogP contribution in [0.5, 0.6) is 5.75 Å². The molecular formula is C18H14ClN3O. The van der Waals surface area contributed by atoms with E-state index < -0.39 is 0 Å². The van der Waals surface area contributed by atoms with Crippen molar-refractivity contribution in [2.24, 2.45) is 0 Å². The molecule has 1 heterocycles. The van der Waals surface area contributed by atoms with Gasteiger partial charge in [-0.1, -0.05) is 29.8 Å². The molecule has 0 unspecified atom stereocenters. The molecule has 23 heavy (non-hydrogen) atoms. The van der Waals surface area contributed by atoms with Gasteiger partial charge in [0.15, 0.2) is 0 Å². The monoisotopic (exact) mass is 323 g/mol. The SMILES string of the molecule is COc1cc(Cl)c(C)cc1Nc1c(C#N)cnc2ccccc12. The smallest absolute Gasteiger partial charge is 0.143 e. The standard InChI is InChI=1S/C18H14ClN3O/c1-11-7-16(17(23-2)8-14(11)19)22-18-12(9-20)10-21-15-6-4-3-5-13(15)18/h3-8,10H,1-2H3,(H,21,22). The van der Waals surface area contributed by atoms with Crippen molar-refractivity contribution in [2.75, 3.05) is 12.4 Å². The van der Waals surface area contributed by atoms with Crippen LogP contribution in [0.4, 0.5) is 11.4 Å². The maximum Gasteiger partial charge on any atom is 0.143 e. The summed E-state index contributed by atoms with van der Waals surface area (Å²) < 4.78 is 5.39. The van der Waals surface area contributed by atoms with Crippen molar-refractivity contribution in [3.8, 4) is 11.8 Å². The molecule has 0 radical (unpaired) electrons. The van der Waals surface area contributed by atoms with E-state index in [1.807, 2.05) is 37.3 Å². The second-order valence-corrected chi connectivity index (χ2v) is 5.51. The van der Waals surface area contributed by atoms with Crippen molar-refractivity contribution in [1.82, 2.24) is 4.98 Å². The predicted molar refractivity (Wildman–Crippen MR) is 92.5 cm³/mol. The normalized spacial score (nSPS) is 10.3. The highest BCUT2D eigenvalue weighted by atomic mass is 35.5. The van der Waals surface area contributed by atoms with Crippen LogP contribution in [0.2, 0.25) is 5.02 Å². The van der Waals surface area contributed by atoms with Gasteiger partial charge in [0.1, 0.15) is 11.8 Å². The minimum absolute atomic E-state index is 0.471. The zero-order chi connectivity index (χ0) is 16.4. The van der Waals surface area contributed by atoms with Crippen molar-refractivity contribution in [2.45, 2.75) is 6.92 Å². The summed E-state index contributed by atoms with van der Waals surface area (Å²) in [5, 5.41) is 14.2. The number of hydrogen-bond donors (Lipinski definition) is 1. The van der Waals surface area contributed by atoms with Gasteiger partial charge in [-0.25, -0.2) is 0 Å². The molecule has 4 nitrogen and oxygen atoms in total. The number of aryl methyl sites for hydroxylation is 1. The molecule has 0 saturated carbocycles. The first-order chi connectivity index (χ1) is 11.1. The Kier molecular flexibility index (Phi) is 4.05. The Bertz CT molecular complexity index is 931. The number of hydrogen-bond acceptors (Lipinski definition) is 4. The van der Waals surface area contributed by atoms with Gasteiger partial charge >= 0.3 is 0 Å². The van der Waals surface area contributed by atoms with Crippen LogP contribution in [0, 0.1) is 18.3 Å². The Labute approximate surface area is 139 Å². The van der Waals surface area contributed by atoms with Crippen LogP contribution in [-0.2, 0) is 0 Å². The molecular weight excluding hydrogens is 310 g/mol. The molecule has 0 atom stereocenters. The third-order valence-electron chi connectivity index (χ3n) is 3.64. The molecule has 1 aromatic heterocycles. The summed E-state index contributed by atoms with van der Waals surface area (Å²) in [6.45, 7) is 1.92. The number of para-hydroxylation sites is 1. The molecule has 5 heteroatoms. The average molecular weight is 324 g/mol. The van der Waals surface area contributed by atoms with Gasteiger partial charge in [-0.3, -0.25) is 4.98 Å². The molecule has 0 fully saturated rings. The maximum absolute atomic E-state index is 9.40. The van der Waals surface area contributed by atoms with Gasteiger partial charge in [-0.15, -0.1) is 0 Å². The number of anilines is 2. The van der Waals surface area contributed by atoms with Gasteiger partial charge in [-0.2, -0.15) is 5.26 Å². The largest absolute Gasteiger partial charge is 0.495 e. The molecule has 114 valence electrons. The summed E-state index contributed by atoms with van der Waals surface area (Å²) >= 11 is 6.15. The number of nitrogens with one attached hydrogen (secondary N) is 1. The highest BCUT2D eigenvalue weighted by molar-refractivity contribution is 6.31. The molecule has 3 aromatic rings. The molecule has 0 bridgehead atoms. The number of rotatable bonds is 3. The predicted octanol–water partition coefficient (Wildman–Crippen LogP) is 4.82. The molecule has 1 N–H and O–H groups in total. The number of benzene rings is 2. The van der Waals surface area contributed by atoms with E-state index in [2.05, 4.69) is 16.4 Å². The van der Waals surface area contributed by atoms with E-state index in [0.717, 1.165) is 22.2 Å². The highest BCUT2D eigenvalue weighted by Crippen LogP contribution is 2.36. The Hall–Kier alpha value is -2.77. The number of methoxy groups -OCH3 is 1. The van der Waals surface area contributed by atoms with Gasteiger partial charge in [0.05, 0.1) is 29.6 Å². The summed E-state index contributed by atoms with van der Waals surface area (Å²) in [6.07, 6.45) is 1.57. The molecule has 0 spiro atoms. The van der Waals surface area contributed by atoms with Crippen molar-refractivity contribution < 1.29 is 4.74 Å². The number of nitriles is 1. The minimum atomic E-state index is 0.471. The molecule has 0 aliphatic heterocycles. The third-order valence-corrected chi connectivity index (χ3v) is 4.04. The Balaban J connectivity index is 2.19. The summed E-state index contributed by atoms with van der Waals surface area (Å²) in [6, 6.07) is 13.5. The topological polar surface area (TPSA) is 57.9 Å². The number of pyridine rings is 1. The second kappa shape index (κ2) is 6.15. The molecule has 0 aliphatic carbocycles. The summed E-state index contributed by atoms with van der Waals surface area (Å²) in [4.78, 5) is 4.31. The number of halogens is 1. The van der Waals surface area contributed by atoms with E-state index in [1.54, 1.807) is 19.4 Å². The van der Waals surface area contributed by atoms with Crippen LogP contribution in [0.15, 0.2) is 42.6 Å². The molecule has 0 aliphatic rings. The number of nitrogens with zero attached hydrogens (tertiary/aromatic N) is 2. The quantitative estimate of drug-likeness (QED) is 0.750. The van der Waals surface area contributed by atoms with Crippen LogP contribution < -0.4 is 10.1 Å². The van der Waals surface area contributed by atoms with Gasteiger partial charge in [0, 0.05) is 22.7 Å². The molecule has 3 rings (SSSR count). The molecule has 0 amide bonds. The first-order valence-corrected chi connectivity index (χ1v) is 7.41. The fraction of sp³-hybridized carbons (Fsp3) is 0.111. The van der Waals surface area contributed by atoms with Crippen LogP contribution in [0.1, 0.15) is 11.1 Å². The lowest BCUT2D eigenvalue weighted by molar-refractivity contribution is 0.417.